The van der Waals surface area contributed by atoms with E-state index in [2.05, 4.69) is 26.6 Å². The van der Waals surface area contributed by atoms with Gasteiger partial charge < -0.3 is 64.2 Å². The summed E-state index contributed by atoms with van der Waals surface area (Å²) >= 11 is 0. The van der Waals surface area contributed by atoms with Gasteiger partial charge in [-0.05, 0) is 7.05 Å². The number of nitrogens with two attached hydrogens (primary N) is 3. The fourth-order valence-electron chi connectivity index (χ4n) is 1.12. The predicted molar refractivity (Wildman–Crippen MR) is 214 cm³/mol. The Kier molecular flexibility index (Phi) is 230. The van der Waals surface area contributed by atoms with Crippen molar-refractivity contribution in [2.75, 3.05) is 59.4 Å². The molecule has 0 aromatic carbocycles. The molecule has 0 heterocycles. The van der Waals surface area contributed by atoms with Crippen LogP contribution in [0.4, 0.5) is 0 Å². The fourth-order valence-corrected chi connectivity index (χ4v) is 1.12. The molecule has 0 atom stereocenters. The second-order valence-corrected chi connectivity index (χ2v) is 7.48. The Labute approximate surface area is 425 Å². The van der Waals surface area contributed by atoms with Crippen LogP contribution in [0.3, 0.4) is 0 Å². The third-order valence-electron chi connectivity index (χ3n) is 2.30. The maximum Gasteiger partial charge on any atom is 0.300 e. The summed E-state index contributed by atoms with van der Waals surface area (Å²) in [5.74, 6) is -3.54. The van der Waals surface area contributed by atoms with Crippen LogP contribution in [0.25, 0.3) is 0 Å². The van der Waals surface area contributed by atoms with E-state index in [9.17, 15) is 19.2 Å². The minimum absolute atomic E-state index is 0. The SMILES string of the molecule is CC.CC.CC.CC.CC(=O)NCCN.CC(=O)NCCN.CC(=O)NCCNC(C)=O.CC(=O)O.CC(=O)O.CC(=O)O.CC(=O)O.CNCCN.[Cd].[Cd].[Cd].[Cd]. The number of hydrogen-bond acceptors (Lipinski definition) is 12. The number of carbonyl (C=O) groups is 8. The zero-order valence-electron chi connectivity index (χ0n) is 38.8. The number of carbonyl (C=O) groups excluding carboxylic acids is 4. The van der Waals surface area contributed by atoms with Crippen molar-refractivity contribution < 1.29 is 168 Å². The first-order chi connectivity index (χ1) is 24.5. The minimum atomic E-state index is -0.833. The van der Waals surface area contributed by atoms with Gasteiger partial charge in [0.05, 0.1) is 0 Å². The van der Waals surface area contributed by atoms with Gasteiger partial charge in [0.15, 0.2) is 0 Å². The van der Waals surface area contributed by atoms with Gasteiger partial charge in [-0.15, -0.1) is 0 Å². The molecule has 0 rings (SSSR count). The molecule has 0 aliphatic carbocycles. The summed E-state index contributed by atoms with van der Waals surface area (Å²) in [6.45, 7) is 31.0. The number of likely N-dealkylation sites (N-methyl/N-ethyl adjacent to an activating group) is 1. The standard InChI is InChI=1S/C6H12N2O2.2C4H10N2O.C3H10N2.4C2H4O2.4C2H6.4Cd/c1-5(9)7-3-4-8-6(2)10;2*1-4(7)6-3-2-5;1-5-3-2-4;4*1-2(3)4;4*1-2;;;;/h3-4H2,1-2H3,(H,7,9)(H,8,10);2*2-3,5H2,1H3,(H,6,7);5H,2-4H2,1H3;4*1H3,(H,3,4);4*1-2H3;;;;. The molecule has 20 nitrogen and oxygen atoms in total. The molecule has 0 aromatic rings. The molecular formula is C33H82Cd4N8O12. The van der Waals surface area contributed by atoms with Crippen LogP contribution in [0, 0.1) is 0 Å². The van der Waals surface area contributed by atoms with Crippen molar-refractivity contribution in [1.29, 1.82) is 0 Å². The number of nitrogens with one attached hydrogen (secondary N) is 5. The molecule has 0 saturated carbocycles. The number of amides is 4. The summed E-state index contributed by atoms with van der Waals surface area (Å²) in [4.78, 5) is 76.6. The minimum Gasteiger partial charge on any atom is -0.481 e. The molecule has 0 unspecified atom stereocenters. The second kappa shape index (κ2) is 124. The topological polar surface area (TPSA) is 356 Å². The quantitative estimate of drug-likeness (QED) is 0.113. The molecule has 0 aliphatic rings. The van der Waals surface area contributed by atoms with Gasteiger partial charge in [0.2, 0.25) is 23.6 Å². The molecular weight excluding hydrogens is 1150 g/mol. The van der Waals surface area contributed by atoms with Gasteiger partial charge in [0.1, 0.15) is 0 Å². The van der Waals surface area contributed by atoms with Gasteiger partial charge in [-0.3, -0.25) is 38.4 Å². The van der Waals surface area contributed by atoms with E-state index in [4.69, 9.17) is 56.8 Å². The first-order valence-electron chi connectivity index (χ1n) is 17.0. The van der Waals surface area contributed by atoms with E-state index in [0.29, 0.717) is 39.3 Å². The Balaban J connectivity index is -0.0000000236. The molecule has 15 N–H and O–H groups in total. The largest absolute Gasteiger partial charge is 0.481 e. The smallest absolute Gasteiger partial charge is 0.300 e. The Morgan fingerprint density at radius 2 is 0.474 bits per heavy atom. The van der Waals surface area contributed by atoms with Crippen molar-refractivity contribution in [1.82, 2.24) is 26.6 Å². The zero-order chi connectivity index (χ0) is 45.8. The average molecular weight is 1230 g/mol. The predicted octanol–water partition coefficient (Wildman–Crippen LogP) is 1.04. The second-order valence-electron chi connectivity index (χ2n) is 7.48. The number of aliphatic carboxylic acids is 4. The Bertz CT molecular complexity index is 683. The molecule has 24 heteroatoms. The summed E-state index contributed by atoms with van der Waals surface area (Å²) < 4.78 is 0. The van der Waals surface area contributed by atoms with Crippen molar-refractivity contribution in [3.63, 3.8) is 0 Å². The van der Waals surface area contributed by atoms with E-state index in [1.165, 1.54) is 27.7 Å². The van der Waals surface area contributed by atoms with Crippen LogP contribution in [-0.2, 0) is 148 Å². The monoisotopic (exact) mass is 1240 g/mol. The third-order valence-corrected chi connectivity index (χ3v) is 2.30. The number of carboxylic acids is 4. The molecule has 334 valence electrons. The number of carboxylic acid groups (broad SMARTS) is 4. The molecule has 0 fully saturated rings. The van der Waals surface area contributed by atoms with Crippen LogP contribution < -0.4 is 43.8 Å². The van der Waals surface area contributed by atoms with E-state index in [1.54, 1.807) is 0 Å². The Hall–Kier alpha value is -0.712. The van der Waals surface area contributed by atoms with E-state index in [-0.39, 0.29) is 133 Å². The van der Waals surface area contributed by atoms with E-state index < -0.39 is 23.9 Å². The Morgan fingerprint density at radius 1 is 0.351 bits per heavy atom. The van der Waals surface area contributed by atoms with Crippen molar-refractivity contribution in [2.24, 2.45) is 17.2 Å². The van der Waals surface area contributed by atoms with Crippen molar-refractivity contribution in [3.05, 3.63) is 0 Å². The summed E-state index contributed by atoms with van der Waals surface area (Å²) in [7, 11) is 1.88. The van der Waals surface area contributed by atoms with Crippen LogP contribution in [0.2, 0.25) is 0 Å². The molecule has 0 aliphatic heterocycles. The van der Waals surface area contributed by atoms with Gasteiger partial charge in [-0.1, -0.05) is 55.4 Å². The molecule has 4 amide bonds. The van der Waals surface area contributed by atoms with E-state index >= 15 is 0 Å². The van der Waals surface area contributed by atoms with Gasteiger partial charge in [0.25, 0.3) is 23.9 Å². The third kappa shape index (κ3) is 592. The van der Waals surface area contributed by atoms with Crippen LogP contribution in [0.15, 0.2) is 0 Å². The van der Waals surface area contributed by atoms with Crippen LogP contribution >= 0.6 is 0 Å². The van der Waals surface area contributed by atoms with E-state index in [0.717, 1.165) is 40.8 Å². The Morgan fingerprint density at radius 3 is 0.526 bits per heavy atom. The van der Waals surface area contributed by atoms with Crippen molar-refractivity contribution in [3.8, 4) is 0 Å². The molecule has 0 bridgehead atoms. The fraction of sp³-hybridized carbons (Fsp3) is 0.758. The van der Waals surface area contributed by atoms with Gasteiger partial charge in [-0.2, -0.15) is 0 Å². The van der Waals surface area contributed by atoms with Crippen molar-refractivity contribution >= 4 is 47.5 Å². The van der Waals surface area contributed by atoms with Crippen LogP contribution in [0.5, 0.6) is 0 Å². The summed E-state index contributed by atoms with van der Waals surface area (Å²) in [6, 6.07) is 0. The average Bonchev–Trinajstić information content (AvgIpc) is 3.05. The molecule has 0 aromatic heterocycles. The molecule has 0 spiro atoms. The van der Waals surface area contributed by atoms with Gasteiger partial charge in [-0.25, -0.2) is 0 Å². The number of hydrogen-bond donors (Lipinski definition) is 12. The molecule has 57 heavy (non-hydrogen) atoms. The summed E-state index contributed by atoms with van der Waals surface area (Å²) in [5, 5.41) is 42.7. The first-order valence-corrected chi connectivity index (χ1v) is 17.0. The first kappa shape index (κ1) is 106. The van der Waals surface area contributed by atoms with Crippen LogP contribution in [0.1, 0.15) is 111 Å². The molecule has 0 radical (unpaired) electrons. The number of rotatable bonds is 9. The van der Waals surface area contributed by atoms with Gasteiger partial charge in [0, 0.05) is 217 Å². The van der Waals surface area contributed by atoms with Gasteiger partial charge >= 0.3 is 0 Å². The molecule has 0 saturated heterocycles. The van der Waals surface area contributed by atoms with Crippen LogP contribution in [-0.4, -0.2) is 127 Å². The maximum absolute atomic E-state index is 10.3. The van der Waals surface area contributed by atoms with E-state index in [1.807, 2.05) is 62.4 Å². The summed E-state index contributed by atoms with van der Waals surface area (Å²) in [5.41, 5.74) is 15.2. The zero-order valence-corrected chi connectivity index (χ0v) is 54.9. The summed E-state index contributed by atoms with van der Waals surface area (Å²) in [6.07, 6.45) is 0. The maximum atomic E-state index is 10.3. The van der Waals surface area contributed by atoms with Crippen molar-refractivity contribution in [2.45, 2.75) is 111 Å². The normalized spacial score (nSPS) is 6.46.